The van der Waals surface area contributed by atoms with Crippen molar-refractivity contribution in [2.75, 3.05) is 39.3 Å². The van der Waals surface area contributed by atoms with Crippen LogP contribution in [0.1, 0.15) is 12.0 Å². The summed E-state index contributed by atoms with van der Waals surface area (Å²) in [7, 11) is -1.74. The van der Waals surface area contributed by atoms with Gasteiger partial charge in [0.2, 0.25) is 0 Å². The average molecular weight is 378 g/mol. The number of imidazole rings is 1. The summed E-state index contributed by atoms with van der Waals surface area (Å²) in [5, 5.41) is 0.0783. The van der Waals surface area contributed by atoms with E-state index in [0.29, 0.717) is 6.54 Å². The van der Waals surface area contributed by atoms with Gasteiger partial charge in [-0.05, 0) is 18.5 Å². The van der Waals surface area contributed by atoms with Gasteiger partial charge in [0.25, 0.3) is 10.0 Å². The van der Waals surface area contributed by atoms with E-state index >= 15 is 0 Å². The zero-order chi connectivity index (χ0) is 18.4. The fourth-order valence-corrected chi connectivity index (χ4v) is 4.18. The number of nitrogens with zero attached hydrogens (tertiary/aromatic N) is 4. The number of benzene rings is 1. The van der Waals surface area contributed by atoms with Crippen LogP contribution in [-0.2, 0) is 23.6 Å². The number of hydrogen-bond donors (Lipinski definition) is 1. The van der Waals surface area contributed by atoms with E-state index in [1.54, 1.807) is 11.6 Å². The summed E-state index contributed by atoms with van der Waals surface area (Å²) in [5.74, 6) is 0. The second-order valence-corrected chi connectivity index (χ2v) is 8.45. The van der Waals surface area contributed by atoms with Crippen LogP contribution in [-0.4, -0.2) is 67.0 Å². The molecule has 2 heterocycles. The van der Waals surface area contributed by atoms with Gasteiger partial charge in [-0.2, -0.15) is 0 Å². The second kappa shape index (κ2) is 8.77. The molecule has 1 aliphatic rings. The summed E-state index contributed by atoms with van der Waals surface area (Å²) in [4.78, 5) is 8.76. The molecule has 2 aromatic rings. The van der Waals surface area contributed by atoms with E-state index < -0.39 is 10.0 Å². The number of piperazine rings is 1. The van der Waals surface area contributed by atoms with Gasteiger partial charge < -0.3 is 9.47 Å². The highest BCUT2D eigenvalue weighted by Gasteiger charge is 2.18. The molecule has 1 aliphatic heterocycles. The lowest BCUT2D eigenvalue weighted by Crippen LogP contribution is -2.46. The van der Waals surface area contributed by atoms with Crippen molar-refractivity contribution in [3.05, 3.63) is 48.4 Å². The summed E-state index contributed by atoms with van der Waals surface area (Å²) in [6, 6.07) is 10.5. The van der Waals surface area contributed by atoms with E-state index in [-0.39, 0.29) is 5.03 Å². The molecule has 0 spiro atoms. The van der Waals surface area contributed by atoms with Gasteiger partial charge in [0.15, 0.2) is 5.03 Å². The molecule has 8 heteroatoms. The predicted molar refractivity (Wildman–Crippen MR) is 101 cm³/mol. The van der Waals surface area contributed by atoms with Crippen molar-refractivity contribution < 1.29 is 8.42 Å². The van der Waals surface area contributed by atoms with Crippen LogP contribution in [0.5, 0.6) is 0 Å². The van der Waals surface area contributed by atoms with Gasteiger partial charge in [0, 0.05) is 52.5 Å². The van der Waals surface area contributed by atoms with Crippen molar-refractivity contribution in [3.8, 4) is 0 Å². The van der Waals surface area contributed by atoms with Crippen LogP contribution < -0.4 is 4.72 Å². The highest BCUT2D eigenvalue weighted by atomic mass is 32.2. The van der Waals surface area contributed by atoms with Crippen molar-refractivity contribution in [2.45, 2.75) is 18.0 Å². The van der Waals surface area contributed by atoms with E-state index in [4.69, 9.17) is 0 Å². The molecule has 0 saturated carbocycles. The van der Waals surface area contributed by atoms with Crippen molar-refractivity contribution in [1.29, 1.82) is 0 Å². The molecule has 26 heavy (non-hydrogen) atoms. The van der Waals surface area contributed by atoms with E-state index in [1.165, 1.54) is 18.1 Å². The van der Waals surface area contributed by atoms with Gasteiger partial charge >= 0.3 is 0 Å². The number of aryl methyl sites for hydroxylation is 1. The van der Waals surface area contributed by atoms with E-state index in [1.807, 2.05) is 6.07 Å². The Bertz CT molecular complexity index is 783. The minimum atomic E-state index is -3.49. The number of sulfonamides is 1. The van der Waals surface area contributed by atoms with Crippen LogP contribution in [0.4, 0.5) is 0 Å². The number of hydrogen-bond acceptors (Lipinski definition) is 5. The fourth-order valence-electron chi connectivity index (χ4n) is 3.12. The molecule has 0 amide bonds. The SMILES string of the molecule is Cn1cnc(S(=O)(=O)NCCCN2CCN(Cc3ccccc3)CC2)c1. The molecule has 1 aromatic carbocycles. The molecule has 0 unspecified atom stereocenters. The lowest BCUT2D eigenvalue weighted by molar-refractivity contribution is 0.126. The Morgan fingerprint density at radius 2 is 1.77 bits per heavy atom. The molecular formula is C18H27N5O2S. The minimum absolute atomic E-state index is 0.0783. The van der Waals surface area contributed by atoms with Crippen LogP contribution in [0.15, 0.2) is 47.9 Å². The van der Waals surface area contributed by atoms with Gasteiger partial charge in [0.05, 0.1) is 6.33 Å². The smallest absolute Gasteiger partial charge is 0.259 e. The fraction of sp³-hybridized carbons (Fsp3) is 0.500. The van der Waals surface area contributed by atoms with Crippen LogP contribution in [0.2, 0.25) is 0 Å². The maximum absolute atomic E-state index is 12.1. The second-order valence-electron chi connectivity index (χ2n) is 6.73. The zero-order valence-electron chi connectivity index (χ0n) is 15.2. The lowest BCUT2D eigenvalue weighted by atomic mass is 10.2. The molecule has 3 rings (SSSR count). The molecule has 0 bridgehead atoms. The topological polar surface area (TPSA) is 70.5 Å². The first-order chi connectivity index (χ1) is 12.5. The Hall–Kier alpha value is -1.74. The molecule has 1 aromatic heterocycles. The summed E-state index contributed by atoms with van der Waals surface area (Å²) in [6.45, 7) is 6.49. The normalized spacial score (nSPS) is 16.8. The number of nitrogens with one attached hydrogen (secondary N) is 1. The average Bonchev–Trinajstić information content (AvgIpc) is 3.08. The Labute approximate surface area is 155 Å². The lowest BCUT2D eigenvalue weighted by Gasteiger charge is -2.34. The Morgan fingerprint density at radius 1 is 1.08 bits per heavy atom. The maximum atomic E-state index is 12.1. The summed E-state index contributed by atoms with van der Waals surface area (Å²) >= 11 is 0. The molecular weight excluding hydrogens is 350 g/mol. The van der Waals surface area contributed by atoms with Crippen LogP contribution >= 0.6 is 0 Å². The summed E-state index contributed by atoms with van der Waals surface area (Å²) in [6.07, 6.45) is 3.79. The highest BCUT2D eigenvalue weighted by Crippen LogP contribution is 2.09. The first-order valence-electron chi connectivity index (χ1n) is 8.99. The van der Waals surface area contributed by atoms with E-state index in [9.17, 15) is 8.42 Å². The zero-order valence-corrected chi connectivity index (χ0v) is 16.0. The molecule has 7 nitrogen and oxygen atoms in total. The minimum Gasteiger partial charge on any atom is -0.339 e. The van der Waals surface area contributed by atoms with E-state index in [2.05, 4.69) is 43.8 Å². The first kappa shape index (κ1) is 19.0. The quantitative estimate of drug-likeness (QED) is 0.693. The van der Waals surface area contributed by atoms with Gasteiger partial charge in [-0.1, -0.05) is 30.3 Å². The van der Waals surface area contributed by atoms with E-state index in [0.717, 1.165) is 45.7 Å². The Balaban J connectivity index is 1.34. The van der Waals surface area contributed by atoms with Crippen LogP contribution in [0, 0.1) is 0 Å². The third kappa shape index (κ3) is 5.38. The van der Waals surface area contributed by atoms with Gasteiger partial charge in [-0.15, -0.1) is 0 Å². The first-order valence-corrected chi connectivity index (χ1v) is 10.5. The molecule has 0 radical (unpaired) electrons. The monoisotopic (exact) mass is 377 g/mol. The standard InChI is InChI=1S/C18H27N5O2S/c1-21-15-18(19-16-21)26(24,25)20-8-5-9-22-10-12-23(13-11-22)14-17-6-3-2-4-7-17/h2-4,6-7,15-16,20H,5,8-14H2,1H3. The highest BCUT2D eigenvalue weighted by molar-refractivity contribution is 7.89. The van der Waals surface area contributed by atoms with Crippen molar-refractivity contribution in [1.82, 2.24) is 24.1 Å². The molecule has 0 aliphatic carbocycles. The molecule has 1 fully saturated rings. The van der Waals surface area contributed by atoms with Crippen molar-refractivity contribution >= 4 is 10.0 Å². The molecule has 1 N–H and O–H groups in total. The van der Waals surface area contributed by atoms with Gasteiger partial charge in [0.1, 0.15) is 0 Å². The van der Waals surface area contributed by atoms with Crippen LogP contribution in [0.3, 0.4) is 0 Å². The number of aromatic nitrogens is 2. The predicted octanol–water partition coefficient (Wildman–Crippen LogP) is 0.906. The summed E-state index contributed by atoms with van der Waals surface area (Å²) < 4.78 is 28.5. The van der Waals surface area contributed by atoms with Crippen molar-refractivity contribution in [3.63, 3.8) is 0 Å². The Kier molecular flexibility index (Phi) is 6.42. The molecule has 142 valence electrons. The summed E-state index contributed by atoms with van der Waals surface area (Å²) in [5.41, 5.74) is 1.35. The number of rotatable bonds is 8. The largest absolute Gasteiger partial charge is 0.339 e. The third-order valence-corrected chi connectivity index (χ3v) is 5.96. The third-order valence-electron chi connectivity index (χ3n) is 4.61. The van der Waals surface area contributed by atoms with Gasteiger partial charge in [-0.3, -0.25) is 4.90 Å². The molecule has 1 saturated heterocycles. The van der Waals surface area contributed by atoms with Crippen LogP contribution in [0.25, 0.3) is 0 Å². The maximum Gasteiger partial charge on any atom is 0.259 e. The molecule has 0 atom stereocenters. The van der Waals surface area contributed by atoms with Crippen molar-refractivity contribution in [2.24, 2.45) is 7.05 Å². The van der Waals surface area contributed by atoms with Gasteiger partial charge in [-0.25, -0.2) is 18.1 Å². The Morgan fingerprint density at radius 3 is 2.42 bits per heavy atom.